The van der Waals surface area contributed by atoms with Gasteiger partial charge in [0.2, 0.25) is 0 Å². The first kappa shape index (κ1) is 66.3. The molecule has 5 N–H and O–H groups in total. The highest BCUT2D eigenvalue weighted by atomic mass is 35.5. The van der Waals surface area contributed by atoms with E-state index in [1.165, 1.54) is 119 Å². The Morgan fingerprint density at radius 2 is 0.912 bits per heavy atom. The predicted molar refractivity (Wildman–Crippen MR) is 329 cm³/mol. The highest BCUT2D eigenvalue weighted by Crippen LogP contribution is 2.42. The number of nitrogens with two attached hydrogens (primary N) is 1. The fourth-order valence-electron chi connectivity index (χ4n) is 11.2. The van der Waals surface area contributed by atoms with Crippen LogP contribution in [-0.4, -0.2) is 78.1 Å². The van der Waals surface area contributed by atoms with E-state index in [2.05, 4.69) is 117 Å². The lowest BCUT2D eigenvalue weighted by atomic mass is 9.69. The number of carbonyl (C=O) groups excluding carboxylic acids is 2. The second kappa shape index (κ2) is 36.2. The molecule has 13 heteroatoms. The fraction of sp³-hybridized carbons (Fsp3) is 0.478. The molecule has 3 saturated carbocycles. The number of aliphatic hydroxyl groups is 1. The van der Waals surface area contributed by atoms with E-state index in [0.29, 0.717) is 35.6 Å². The molecule has 1 aliphatic heterocycles. The number of ether oxygens (including phenoxy) is 3. The number of nitrogens with zero attached hydrogens (tertiary/aromatic N) is 3. The lowest BCUT2D eigenvalue weighted by Gasteiger charge is -2.38. The standard InChI is InChI=1S/C21H26N2O2.C19H24N2O.C13H19N.C8H8ClNO2.C4H8O.2CH4/c1-2-25-20(24)18-12-9-15-22-19(18)23-16-21(13-7-4-8-14-21)17-10-5-3-6-11-17;22-14-16-8-7-13-20-18(16)21-15-19(11-5-2-6-12-19)17-9-3-1-4-10-17;14-11-13(9-5-2-6-10-13)12-7-3-1-4-8-12;1-2-12-8(11)6-4-3-5-10-7(6)9;1-2-4-5-3-1;;/h3,5-6,9-12,15H,2,4,7-8,13-14,16H2,1H3,(H,22,23);1,3-4,7-10,13,22H,2,5-6,11-12,14-15H2,(H,20,21);1,3-4,7-8H,2,5-6,9-11,14H2;3-5H,2H2,1H3;1-4H2;2*1H4. The van der Waals surface area contributed by atoms with Crippen molar-refractivity contribution in [3.8, 4) is 0 Å². The van der Waals surface area contributed by atoms with Gasteiger partial charge in [-0.2, -0.15) is 0 Å². The minimum Gasteiger partial charge on any atom is -0.462 e. The lowest BCUT2D eigenvalue weighted by molar-refractivity contribution is 0.0517. The minimum absolute atomic E-state index is 0. The van der Waals surface area contributed by atoms with E-state index in [-0.39, 0.29) is 43.4 Å². The number of hydrogen-bond donors (Lipinski definition) is 4. The molecule has 0 atom stereocenters. The second-order valence-electron chi connectivity index (χ2n) is 20.7. The Bertz CT molecular complexity index is 2610. The molecule has 1 saturated heterocycles. The summed E-state index contributed by atoms with van der Waals surface area (Å²) >= 11 is 5.64. The number of anilines is 2. The van der Waals surface area contributed by atoms with E-state index in [1.54, 1.807) is 43.6 Å². The average molecular weight is 1110 g/mol. The van der Waals surface area contributed by atoms with Crippen molar-refractivity contribution in [2.24, 2.45) is 5.73 Å². The number of carbonyl (C=O) groups is 2. The van der Waals surface area contributed by atoms with Gasteiger partial charge in [-0.15, -0.1) is 0 Å². The number of benzene rings is 3. The summed E-state index contributed by atoms with van der Waals surface area (Å²) in [4.78, 5) is 35.8. The maximum Gasteiger partial charge on any atom is 0.341 e. The van der Waals surface area contributed by atoms with Gasteiger partial charge in [-0.25, -0.2) is 24.5 Å². The van der Waals surface area contributed by atoms with E-state index in [0.717, 1.165) is 57.1 Å². The van der Waals surface area contributed by atoms with Crippen LogP contribution in [0.3, 0.4) is 0 Å². The Kier molecular flexibility index (Phi) is 30.0. The molecule has 3 aromatic heterocycles. The quantitative estimate of drug-likeness (QED) is 0.0568. The monoisotopic (exact) mass is 1110 g/mol. The third-order valence-corrected chi connectivity index (χ3v) is 15.9. The molecule has 4 fully saturated rings. The SMILES string of the molecule is C.C.C1CCOC1.CCOC(=O)c1cccnc1Cl.CCOC(=O)c1cccnc1NCC1(c2ccccc2)CCCCC1.NCC1(c2ccccc2)CCCCC1.OCc1cccnc1NCC1(c2ccccc2)CCCCC1. The normalized spacial score (nSPS) is 16.3. The Balaban J connectivity index is 0.000000228. The number of aromatic nitrogens is 3. The summed E-state index contributed by atoms with van der Waals surface area (Å²) in [5.74, 6) is 0.666. The largest absolute Gasteiger partial charge is 0.462 e. The lowest BCUT2D eigenvalue weighted by Crippen LogP contribution is -2.37. The highest BCUT2D eigenvalue weighted by Gasteiger charge is 2.36. The first-order valence-corrected chi connectivity index (χ1v) is 29.0. The molecule has 3 aromatic carbocycles. The summed E-state index contributed by atoms with van der Waals surface area (Å²) in [5, 5.41) is 16.6. The zero-order valence-corrected chi connectivity index (χ0v) is 47.1. The van der Waals surface area contributed by atoms with Crippen LogP contribution in [0.15, 0.2) is 146 Å². The zero-order valence-electron chi connectivity index (χ0n) is 46.3. The van der Waals surface area contributed by atoms with Crippen LogP contribution in [0, 0.1) is 0 Å². The molecule has 4 aliphatic rings. The molecule has 6 aromatic rings. The van der Waals surface area contributed by atoms with Crippen LogP contribution in [0.2, 0.25) is 5.15 Å². The van der Waals surface area contributed by atoms with Crippen molar-refractivity contribution in [1.82, 2.24) is 15.0 Å². The maximum atomic E-state index is 12.2. The molecule has 0 amide bonds. The Labute approximate surface area is 484 Å². The maximum absolute atomic E-state index is 12.2. The van der Waals surface area contributed by atoms with Gasteiger partial charge in [0.1, 0.15) is 22.4 Å². The van der Waals surface area contributed by atoms with Crippen LogP contribution in [0.25, 0.3) is 0 Å². The van der Waals surface area contributed by atoms with E-state index in [9.17, 15) is 14.7 Å². The van der Waals surface area contributed by atoms with Crippen molar-refractivity contribution < 1.29 is 28.9 Å². The molecular formula is C67H93ClN6O6. The number of rotatable bonds is 15. The molecule has 434 valence electrons. The van der Waals surface area contributed by atoms with E-state index < -0.39 is 5.97 Å². The van der Waals surface area contributed by atoms with E-state index in [4.69, 9.17) is 31.5 Å². The molecule has 10 rings (SSSR count). The van der Waals surface area contributed by atoms with Crippen molar-refractivity contribution in [1.29, 1.82) is 0 Å². The van der Waals surface area contributed by atoms with Crippen molar-refractivity contribution in [2.45, 2.75) is 161 Å². The Hall–Kier alpha value is -6.18. The van der Waals surface area contributed by atoms with Crippen LogP contribution in [-0.2, 0) is 37.1 Å². The van der Waals surface area contributed by atoms with Crippen LogP contribution in [0.1, 0.15) is 181 Å². The molecule has 0 bridgehead atoms. The van der Waals surface area contributed by atoms with Gasteiger partial charge < -0.3 is 35.7 Å². The minimum atomic E-state index is -0.435. The number of esters is 2. The van der Waals surface area contributed by atoms with Crippen LogP contribution in [0.4, 0.5) is 11.6 Å². The summed E-state index contributed by atoms with van der Waals surface area (Å²) in [6, 6.07) is 42.9. The van der Waals surface area contributed by atoms with Gasteiger partial charge in [-0.05, 0) is 112 Å². The van der Waals surface area contributed by atoms with E-state index in [1.807, 2.05) is 19.1 Å². The molecule has 12 nitrogen and oxygen atoms in total. The number of halogens is 1. The average Bonchev–Trinajstić information content (AvgIpc) is 4.11. The summed E-state index contributed by atoms with van der Waals surface area (Å²) in [6.07, 6.45) is 26.6. The van der Waals surface area contributed by atoms with Crippen molar-refractivity contribution in [2.75, 3.05) is 56.7 Å². The van der Waals surface area contributed by atoms with Gasteiger partial charge in [0.25, 0.3) is 0 Å². The molecule has 80 heavy (non-hydrogen) atoms. The molecule has 0 radical (unpaired) electrons. The molecule has 0 unspecified atom stereocenters. The first-order chi connectivity index (χ1) is 38.2. The summed E-state index contributed by atoms with van der Waals surface area (Å²) in [5.41, 5.74) is 12.5. The summed E-state index contributed by atoms with van der Waals surface area (Å²) in [7, 11) is 0. The van der Waals surface area contributed by atoms with Crippen molar-refractivity contribution in [3.63, 3.8) is 0 Å². The summed E-state index contributed by atoms with van der Waals surface area (Å²) in [6.45, 7) is 8.73. The van der Waals surface area contributed by atoms with Crippen LogP contribution < -0.4 is 16.4 Å². The summed E-state index contributed by atoms with van der Waals surface area (Å²) < 4.78 is 14.8. The molecule has 0 spiro atoms. The second-order valence-corrected chi connectivity index (χ2v) is 21.1. The van der Waals surface area contributed by atoms with Gasteiger partial charge in [-0.1, -0.05) is 181 Å². The molecule has 3 aliphatic carbocycles. The van der Waals surface area contributed by atoms with Crippen molar-refractivity contribution >= 4 is 35.2 Å². The van der Waals surface area contributed by atoms with Gasteiger partial charge in [-0.3, -0.25) is 0 Å². The number of pyridine rings is 3. The molecule has 4 heterocycles. The Morgan fingerprint density at radius 3 is 1.32 bits per heavy atom. The number of hydrogen-bond acceptors (Lipinski definition) is 12. The molecular weight excluding hydrogens is 1020 g/mol. The third kappa shape index (κ3) is 19.8. The Morgan fingerprint density at radius 1 is 0.525 bits per heavy atom. The topological polar surface area (TPSA) is 171 Å². The van der Waals surface area contributed by atoms with Crippen LogP contribution >= 0.6 is 11.6 Å². The van der Waals surface area contributed by atoms with Gasteiger partial charge in [0.05, 0.1) is 25.4 Å². The van der Waals surface area contributed by atoms with Crippen molar-refractivity contribution in [3.05, 3.63) is 185 Å². The highest BCUT2D eigenvalue weighted by molar-refractivity contribution is 6.32. The third-order valence-electron chi connectivity index (χ3n) is 15.6. The van der Waals surface area contributed by atoms with Crippen LogP contribution in [0.5, 0.6) is 0 Å². The van der Waals surface area contributed by atoms with E-state index >= 15 is 0 Å². The zero-order chi connectivity index (χ0) is 55.2. The van der Waals surface area contributed by atoms with Gasteiger partial charge in [0, 0.05) is 73.2 Å². The van der Waals surface area contributed by atoms with Gasteiger partial charge >= 0.3 is 11.9 Å². The first-order valence-electron chi connectivity index (χ1n) is 28.6. The predicted octanol–water partition coefficient (Wildman–Crippen LogP) is 15.3. The number of aliphatic hydroxyl groups excluding tert-OH is 1. The fourth-order valence-corrected chi connectivity index (χ4v) is 11.4. The van der Waals surface area contributed by atoms with Gasteiger partial charge in [0.15, 0.2) is 0 Å². The smallest absolute Gasteiger partial charge is 0.341 e. The number of nitrogens with one attached hydrogen (secondary N) is 2.